The summed E-state index contributed by atoms with van der Waals surface area (Å²) in [6.07, 6.45) is 0.719. The third-order valence-electron chi connectivity index (χ3n) is 5.18. The average molecular weight is 441 g/mol. The summed E-state index contributed by atoms with van der Waals surface area (Å²) in [5.41, 5.74) is 0.427. The number of carbonyl (C=O) groups is 1. The predicted molar refractivity (Wildman–Crippen MR) is 114 cm³/mol. The van der Waals surface area contributed by atoms with Crippen LogP contribution in [0.25, 0.3) is 0 Å². The van der Waals surface area contributed by atoms with Crippen LogP contribution in [0.3, 0.4) is 0 Å². The summed E-state index contributed by atoms with van der Waals surface area (Å²) in [4.78, 5) is 17.7. The van der Waals surface area contributed by atoms with E-state index in [4.69, 9.17) is 23.2 Å². The van der Waals surface area contributed by atoms with E-state index in [0.29, 0.717) is 29.5 Å². The fourth-order valence-electron chi connectivity index (χ4n) is 3.41. The molecular formula is C19H26Cl2N6O2. The van der Waals surface area contributed by atoms with Crippen LogP contribution in [0.1, 0.15) is 42.1 Å². The van der Waals surface area contributed by atoms with Crippen LogP contribution in [0.2, 0.25) is 10.0 Å². The maximum Gasteiger partial charge on any atom is 0.269 e. The molecule has 3 rings (SSSR count). The van der Waals surface area contributed by atoms with E-state index in [1.165, 1.54) is 0 Å². The lowest BCUT2D eigenvalue weighted by Gasteiger charge is -2.39. The first-order valence-electron chi connectivity index (χ1n) is 9.45. The molecule has 1 aliphatic heterocycles. The van der Waals surface area contributed by atoms with Crippen molar-refractivity contribution in [3.05, 3.63) is 39.3 Å². The minimum atomic E-state index is -1.03. The Morgan fingerprint density at radius 2 is 2.00 bits per heavy atom. The van der Waals surface area contributed by atoms with Gasteiger partial charge in [-0.05, 0) is 46.4 Å². The summed E-state index contributed by atoms with van der Waals surface area (Å²) in [6.45, 7) is 6.47. The van der Waals surface area contributed by atoms with Crippen molar-refractivity contribution in [3.63, 3.8) is 0 Å². The number of aromatic nitrogens is 3. The number of rotatable bonds is 5. The maximum absolute atomic E-state index is 12.7. The molecular weight excluding hydrogens is 415 g/mol. The normalized spacial score (nSPS) is 20.0. The number of amides is 1. The first-order chi connectivity index (χ1) is 13.6. The number of nitrogens with one attached hydrogen (secondary N) is 3. The number of piperidine rings is 1. The number of hydrogen-bond acceptors (Lipinski definition) is 6. The zero-order valence-electron chi connectivity index (χ0n) is 16.9. The van der Waals surface area contributed by atoms with Crippen molar-refractivity contribution in [3.8, 4) is 0 Å². The Morgan fingerprint density at radius 3 is 2.52 bits per heavy atom. The lowest BCUT2D eigenvalue weighted by molar-refractivity contribution is 0.0728. The molecule has 1 fully saturated rings. The van der Waals surface area contributed by atoms with Gasteiger partial charge in [0, 0.05) is 30.9 Å². The number of halogens is 2. The molecule has 29 heavy (non-hydrogen) atoms. The molecule has 3 heterocycles. The van der Waals surface area contributed by atoms with Gasteiger partial charge in [0.25, 0.3) is 5.91 Å². The van der Waals surface area contributed by atoms with E-state index in [-0.39, 0.29) is 28.7 Å². The zero-order chi connectivity index (χ0) is 21.3. The Hall–Kier alpha value is -1.87. The van der Waals surface area contributed by atoms with Gasteiger partial charge in [0.1, 0.15) is 11.3 Å². The van der Waals surface area contributed by atoms with Gasteiger partial charge >= 0.3 is 0 Å². The molecule has 0 spiro atoms. The van der Waals surface area contributed by atoms with E-state index < -0.39 is 5.60 Å². The van der Waals surface area contributed by atoms with Crippen LogP contribution in [-0.4, -0.2) is 58.4 Å². The van der Waals surface area contributed by atoms with Crippen LogP contribution in [0.4, 0.5) is 5.82 Å². The highest BCUT2D eigenvalue weighted by Gasteiger charge is 2.31. The quantitative estimate of drug-likeness (QED) is 0.567. The van der Waals surface area contributed by atoms with E-state index in [1.54, 1.807) is 26.8 Å². The third-order valence-corrected chi connectivity index (χ3v) is 6.13. The number of nitrogens with zero attached hydrogens (tertiary/aromatic N) is 3. The van der Waals surface area contributed by atoms with Crippen LogP contribution in [0.5, 0.6) is 0 Å². The van der Waals surface area contributed by atoms with Crippen molar-refractivity contribution in [2.75, 3.05) is 25.0 Å². The van der Waals surface area contributed by atoms with E-state index in [0.717, 1.165) is 12.2 Å². The molecule has 158 valence electrons. The Balaban J connectivity index is 1.68. The Kier molecular flexibility index (Phi) is 6.38. The number of aliphatic hydroxyl groups is 1. The number of hydrogen-bond donors (Lipinski definition) is 4. The number of anilines is 1. The number of carbonyl (C=O) groups excluding carboxylic acids is 1. The summed E-state index contributed by atoms with van der Waals surface area (Å²) >= 11 is 12.2. The molecule has 1 aliphatic rings. The molecule has 0 aromatic carbocycles. The van der Waals surface area contributed by atoms with Gasteiger partial charge in [-0.3, -0.25) is 4.79 Å². The van der Waals surface area contributed by atoms with Gasteiger partial charge in [-0.2, -0.15) is 5.10 Å². The molecule has 10 heteroatoms. The second-order valence-corrected chi connectivity index (χ2v) is 8.55. The first-order valence-corrected chi connectivity index (χ1v) is 10.2. The van der Waals surface area contributed by atoms with Gasteiger partial charge in [0.2, 0.25) is 0 Å². The third kappa shape index (κ3) is 4.66. The lowest BCUT2D eigenvalue weighted by atomic mass is 9.99. The number of aromatic amines is 1. The van der Waals surface area contributed by atoms with Crippen molar-refractivity contribution in [1.29, 1.82) is 0 Å². The molecule has 1 amide bonds. The SMILES string of the molecule is CN[C@H]1CN(c2ccc(C(C)(C)O)nn2)CC[C@H]1NC(=O)c1[nH]c(C)c(Cl)c1Cl. The van der Waals surface area contributed by atoms with Crippen LogP contribution in [0.15, 0.2) is 12.1 Å². The molecule has 0 saturated carbocycles. The summed E-state index contributed by atoms with van der Waals surface area (Å²) in [5, 5.41) is 25.3. The van der Waals surface area contributed by atoms with Crippen molar-refractivity contribution >= 4 is 34.9 Å². The largest absolute Gasteiger partial charge is 0.384 e. The number of H-pyrrole nitrogens is 1. The Bertz CT molecular complexity index is 878. The first kappa shape index (κ1) is 21.8. The fraction of sp³-hybridized carbons (Fsp3) is 0.526. The van der Waals surface area contributed by atoms with Gasteiger partial charge in [0.15, 0.2) is 5.82 Å². The van der Waals surface area contributed by atoms with Crippen molar-refractivity contribution in [2.24, 2.45) is 0 Å². The molecule has 8 nitrogen and oxygen atoms in total. The van der Waals surface area contributed by atoms with Gasteiger partial charge < -0.3 is 25.6 Å². The molecule has 4 N–H and O–H groups in total. The van der Waals surface area contributed by atoms with E-state index in [9.17, 15) is 9.90 Å². The maximum atomic E-state index is 12.7. The molecule has 2 aromatic heterocycles. The van der Waals surface area contributed by atoms with Crippen molar-refractivity contribution < 1.29 is 9.90 Å². The molecule has 0 bridgehead atoms. The summed E-state index contributed by atoms with van der Waals surface area (Å²) in [5.74, 6) is 0.455. The average Bonchev–Trinajstić information content (AvgIpc) is 2.95. The van der Waals surface area contributed by atoms with E-state index in [2.05, 4.69) is 30.7 Å². The van der Waals surface area contributed by atoms with Crippen LogP contribution in [0, 0.1) is 6.92 Å². The van der Waals surface area contributed by atoms with E-state index >= 15 is 0 Å². The Morgan fingerprint density at radius 1 is 1.28 bits per heavy atom. The van der Waals surface area contributed by atoms with Crippen LogP contribution >= 0.6 is 23.2 Å². The minimum Gasteiger partial charge on any atom is -0.384 e. The monoisotopic (exact) mass is 440 g/mol. The predicted octanol–water partition coefficient (Wildman–Crippen LogP) is 2.24. The summed E-state index contributed by atoms with van der Waals surface area (Å²) in [6, 6.07) is 3.57. The smallest absolute Gasteiger partial charge is 0.269 e. The topological polar surface area (TPSA) is 106 Å². The van der Waals surface area contributed by atoms with Gasteiger partial charge in [-0.25, -0.2) is 0 Å². The number of likely N-dealkylation sites (N-methyl/N-ethyl adjacent to an activating group) is 1. The summed E-state index contributed by atoms with van der Waals surface area (Å²) in [7, 11) is 1.86. The van der Waals surface area contributed by atoms with Gasteiger partial charge in [-0.1, -0.05) is 23.2 Å². The second-order valence-electron chi connectivity index (χ2n) is 7.80. The molecule has 0 aliphatic carbocycles. The highest BCUT2D eigenvalue weighted by molar-refractivity contribution is 6.44. The van der Waals surface area contributed by atoms with E-state index in [1.807, 2.05) is 13.1 Å². The highest BCUT2D eigenvalue weighted by Crippen LogP contribution is 2.29. The van der Waals surface area contributed by atoms with Crippen molar-refractivity contribution in [2.45, 2.75) is 44.9 Å². The summed E-state index contributed by atoms with van der Waals surface area (Å²) < 4.78 is 0. The van der Waals surface area contributed by atoms with Crippen molar-refractivity contribution in [1.82, 2.24) is 25.8 Å². The minimum absolute atomic E-state index is 0.00812. The Labute approximate surface area is 180 Å². The van der Waals surface area contributed by atoms with Crippen LogP contribution < -0.4 is 15.5 Å². The molecule has 1 saturated heterocycles. The highest BCUT2D eigenvalue weighted by atomic mass is 35.5. The second kappa shape index (κ2) is 8.47. The molecule has 0 unspecified atom stereocenters. The molecule has 2 aromatic rings. The van der Waals surface area contributed by atoms with Gasteiger partial charge in [-0.15, -0.1) is 5.10 Å². The fourth-order valence-corrected chi connectivity index (χ4v) is 3.83. The van der Waals surface area contributed by atoms with Gasteiger partial charge in [0.05, 0.1) is 15.7 Å². The molecule has 0 radical (unpaired) electrons. The zero-order valence-corrected chi connectivity index (χ0v) is 18.4. The standard InChI is InChI=1S/C19H26Cl2N6O2/c1-10-15(20)16(21)17(23-10)18(28)24-11-7-8-27(9-12(11)22-4)14-6-5-13(25-26-14)19(2,3)29/h5-6,11-12,22-23,29H,7-9H2,1-4H3,(H,24,28)/t11-,12+/m1/s1. The number of aryl methyl sites for hydroxylation is 1. The van der Waals surface area contributed by atoms with Crippen LogP contribution in [-0.2, 0) is 5.60 Å². The lowest BCUT2D eigenvalue weighted by Crippen LogP contribution is -2.59. The molecule has 2 atom stereocenters.